The van der Waals surface area contributed by atoms with Crippen LogP contribution in [-0.4, -0.2) is 30.6 Å². The predicted octanol–water partition coefficient (Wildman–Crippen LogP) is 2.15. The van der Waals surface area contributed by atoms with Crippen LogP contribution >= 0.6 is 0 Å². The topological polar surface area (TPSA) is 15.3 Å². The van der Waals surface area contributed by atoms with Crippen molar-refractivity contribution >= 4 is 0 Å². The highest BCUT2D eigenvalue weighted by atomic mass is 19.1. The van der Waals surface area contributed by atoms with Crippen LogP contribution in [-0.2, 0) is 6.54 Å². The Kier molecular flexibility index (Phi) is 4.07. The number of nitrogens with one attached hydrogen (secondary N) is 1. The quantitative estimate of drug-likeness (QED) is 0.852. The van der Waals surface area contributed by atoms with Crippen molar-refractivity contribution in [2.45, 2.75) is 25.9 Å². The van der Waals surface area contributed by atoms with Crippen molar-refractivity contribution in [2.24, 2.45) is 0 Å². The second-order valence-corrected chi connectivity index (χ2v) is 4.64. The van der Waals surface area contributed by atoms with Crippen molar-refractivity contribution in [3.05, 3.63) is 35.4 Å². The van der Waals surface area contributed by atoms with Crippen molar-refractivity contribution in [2.75, 3.05) is 19.6 Å². The van der Waals surface area contributed by atoms with Crippen LogP contribution in [0.25, 0.3) is 0 Å². The van der Waals surface area contributed by atoms with E-state index in [1.54, 1.807) is 0 Å². The fraction of sp³-hybridized carbons (Fsp3) is 0.538. The molecule has 1 atom stereocenters. The smallest absolute Gasteiger partial charge is 0.126 e. The van der Waals surface area contributed by atoms with Gasteiger partial charge in [-0.25, -0.2) is 8.78 Å². The van der Waals surface area contributed by atoms with Crippen LogP contribution in [0.3, 0.4) is 0 Å². The minimum atomic E-state index is -0.499. The van der Waals surface area contributed by atoms with Crippen LogP contribution in [0.2, 0.25) is 0 Å². The van der Waals surface area contributed by atoms with E-state index in [1.807, 2.05) is 0 Å². The highest BCUT2D eigenvalue weighted by Crippen LogP contribution is 2.14. The van der Waals surface area contributed by atoms with Gasteiger partial charge in [-0.3, -0.25) is 4.90 Å². The van der Waals surface area contributed by atoms with Crippen molar-refractivity contribution in [1.29, 1.82) is 0 Å². The molecule has 1 aliphatic heterocycles. The summed E-state index contributed by atoms with van der Waals surface area (Å²) in [6, 6.07) is 4.18. The lowest BCUT2D eigenvalue weighted by Gasteiger charge is -2.26. The zero-order valence-electron chi connectivity index (χ0n) is 10.0. The third kappa shape index (κ3) is 3.48. The molecule has 1 heterocycles. The summed E-state index contributed by atoms with van der Waals surface area (Å²) in [5, 5.41) is 3.33. The molecule has 0 aromatic heterocycles. The van der Waals surface area contributed by atoms with E-state index in [1.165, 1.54) is 12.1 Å². The maximum absolute atomic E-state index is 13.1. The number of hydrogen-bond donors (Lipinski definition) is 1. The largest absolute Gasteiger partial charge is 0.315 e. The fourth-order valence-electron chi connectivity index (χ4n) is 2.23. The van der Waals surface area contributed by atoms with Gasteiger partial charge in [0.05, 0.1) is 0 Å². The van der Waals surface area contributed by atoms with Gasteiger partial charge >= 0.3 is 0 Å². The first-order chi connectivity index (χ1) is 8.15. The van der Waals surface area contributed by atoms with E-state index in [0.29, 0.717) is 18.2 Å². The Balaban J connectivity index is 2.07. The highest BCUT2D eigenvalue weighted by Gasteiger charge is 2.17. The van der Waals surface area contributed by atoms with Crippen LogP contribution in [0.5, 0.6) is 0 Å². The second-order valence-electron chi connectivity index (χ2n) is 4.64. The number of benzene rings is 1. The first-order valence-corrected chi connectivity index (χ1v) is 6.05. The summed E-state index contributed by atoms with van der Waals surface area (Å²) >= 11 is 0. The van der Waals surface area contributed by atoms with E-state index < -0.39 is 11.6 Å². The third-order valence-corrected chi connectivity index (χ3v) is 3.25. The number of hydrogen-bond acceptors (Lipinski definition) is 2. The minimum Gasteiger partial charge on any atom is -0.315 e. The molecule has 0 saturated carbocycles. The van der Waals surface area contributed by atoms with Crippen LogP contribution in [0.4, 0.5) is 8.78 Å². The SMILES string of the molecule is CC1CCNCCN1Cc1cc(F)cc(F)c1. The maximum atomic E-state index is 13.1. The molecule has 1 saturated heterocycles. The van der Waals surface area contributed by atoms with Gasteiger partial charge in [0.1, 0.15) is 11.6 Å². The summed E-state index contributed by atoms with van der Waals surface area (Å²) < 4.78 is 26.2. The zero-order valence-corrected chi connectivity index (χ0v) is 10.0. The van der Waals surface area contributed by atoms with Crippen LogP contribution < -0.4 is 5.32 Å². The normalized spacial score (nSPS) is 22.4. The van der Waals surface area contributed by atoms with Crippen molar-refractivity contribution in [3.63, 3.8) is 0 Å². The molecule has 1 aromatic rings. The van der Waals surface area contributed by atoms with Crippen LogP contribution in [0.15, 0.2) is 18.2 Å². The monoisotopic (exact) mass is 240 g/mol. The molecule has 1 N–H and O–H groups in total. The first kappa shape index (κ1) is 12.5. The van der Waals surface area contributed by atoms with Crippen LogP contribution in [0.1, 0.15) is 18.9 Å². The highest BCUT2D eigenvalue weighted by molar-refractivity contribution is 5.17. The average Bonchev–Trinajstić information content (AvgIpc) is 2.43. The number of rotatable bonds is 2. The molecule has 1 aliphatic rings. The first-order valence-electron chi connectivity index (χ1n) is 6.05. The van der Waals surface area contributed by atoms with Crippen molar-refractivity contribution in [3.8, 4) is 0 Å². The Labute approximate surface area is 101 Å². The summed E-state index contributed by atoms with van der Waals surface area (Å²) in [5.41, 5.74) is 0.705. The summed E-state index contributed by atoms with van der Waals surface area (Å²) in [7, 11) is 0. The Hall–Kier alpha value is -1.00. The lowest BCUT2D eigenvalue weighted by molar-refractivity contribution is 0.211. The summed E-state index contributed by atoms with van der Waals surface area (Å²) in [6.07, 6.45) is 1.07. The number of halogens is 2. The molecular weight excluding hydrogens is 222 g/mol. The van der Waals surface area contributed by atoms with E-state index in [0.717, 1.165) is 32.1 Å². The molecule has 0 spiro atoms. The van der Waals surface area contributed by atoms with Gasteiger partial charge in [0.15, 0.2) is 0 Å². The molecule has 0 radical (unpaired) electrons. The predicted molar refractivity (Wildman–Crippen MR) is 63.7 cm³/mol. The van der Waals surface area contributed by atoms with Gasteiger partial charge in [0, 0.05) is 31.7 Å². The zero-order chi connectivity index (χ0) is 12.3. The van der Waals surface area contributed by atoms with E-state index in [4.69, 9.17) is 0 Å². The summed E-state index contributed by atoms with van der Waals surface area (Å²) in [6.45, 7) is 5.62. The van der Waals surface area contributed by atoms with Crippen molar-refractivity contribution < 1.29 is 8.78 Å². The van der Waals surface area contributed by atoms with Gasteiger partial charge in [-0.2, -0.15) is 0 Å². The van der Waals surface area contributed by atoms with E-state index in [9.17, 15) is 8.78 Å². The van der Waals surface area contributed by atoms with Gasteiger partial charge in [0.2, 0.25) is 0 Å². The molecule has 0 aliphatic carbocycles. The second kappa shape index (κ2) is 5.56. The van der Waals surface area contributed by atoms with E-state index in [2.05, 4.69) is 17.1 Å². The molecule has 2 nitrogen and oxygen atoms in total. The van der Waals surface area contributed by atoms with Crippen LogP contribution in [0, 0.1) is 11.6 Å². The Morgan fingerprint density at radius 3 is 2.65 bits per heavy atom. The molecule has 1 fully saturated rings. The molecule has 4 heteroatoms. The summed E-state index contributed by atoms with van der Waals surface area (Å²) in [4.78, 5) is 2.26. The van der Waals surface area contributed by atoms with Gasteiger partial charge in [-0.15, -0.1) is 0 Å². The van der Waals surface area contributed by atoms with Gasteiger partial charge in [-0.1, -0.05) is 0 Å². The molecule has 2 rings (SSSR count). The van der Waals surface area contributed by atoms with E-state index >= 15 is 0 Å². The molecule has 94 valence electrons. The Morgan fingerprint density at radius 1 is 1.24 bits per heavy atom. The van der Waals surface area contributed by atoms with Crippen molar-refractivity contribution in [1.82, 2.24) is 10.2 Å². The lowest BCUT2D eigenvalue weighted by Crippen LogP contribution is -2.33. The molecular formula is C13H18F2N2. The fourth-order valence-corrected chi connectivity index (χ4v) is 2.23. The summed E-state index contributed by atoms with van der Waals surface area (Å²) in [5.74, 6) is -0.999. The van der Waals surface area contributed by atoms with Gasteiger partial charge in [-0.05, 0) is 37.6 Å². The standard InChI is InChI=1S/C13H18F2N2/c1-10-2-3-16-4-5-17(10)9-11-6-12(14)8-13(15)7-11/h6-8,10,16H,2-5,9H2,1H3. The lowest BCUT2D eigenvalue weighted by atomic mass is 10.1. The number of nitrogens with zero attached hydrogens (tertiary/aromatic N) is 1. The molecule has 17 heavy (non-hydrogen) atoms. The Morgan fingerprint density at radius 2 is 1.94 bits per heavy atom. The minimum absolute atomic E-state index is 0.441. The maximum Gasteiger partial charge on any atom is 0.126 e. The third-order valence-electron chi connectivity index (χ3n) is 3.25. The van der Waals surface area contributed by atoms with Gasteiger partial charge < -0.3 is 5.32 Å². The average molecular weight is 240 g/mol. The van der Waals surface area contributed by atoms with Gasteiger partial charge in [0.25, 0.3) is 0 Å². The molecule has 0 amide bonds. The molecule has 0 bridgehead atoms. The van der Waals surface area contributed by atoms with E-state index in [-0.39, 0.29) is 0 Å². The molecule has 1 aromatic carbocycles. The Bertz CT molecular complexity index is 361. The molecule has 1 unspecified atom stereocenters.